The van der Waals surface area contributed by atoms with Crippen LogP contribution in [0.15, 0.2) is 152 Å². The number of thioether (sulfide) groups is 1. The summed E-state index contributed by atoms with van der Waals surface area (Å²) in [6.07, 6.45) is 5.39. The summed E-state index contributed by atoms with van der Waals surface area (Å²) in [4.78, 5) is 195. The topological polar surface area (TPSA) is 354 Å². The Labute approximate surface area is 721 Å². The molecule has 5 aromatic carbocycles. The number of carbonyl (C=O) groups is 8. The number of carbonyl (C=O) groups excluding carboxylic acids is 8. The van der Waals surface area contributed by atoms with Crippen LogP contribution in [0.3, 0.4) is 0 Å². The zero-order valence-corrected chi connectivity index (χ0v) is 72.3. The minimum Gasteiger partial charge on any atom is -0.460 e. The SMILES string of the molecule is CC(=O)CC[C@H](CC(=O)C[C@@H](CCC(=O)NCCCCCCCC(=O)C[C@@H](Cc1ccccc1)C(=O)N[C@@H](Cc1ccccc1)C(=O)CCCOCCOOCCOOCCOOCCOOCCOOCCOOCCOOCCOOCCOOCCOCCSC(c1ccccc1)(c1ccccc1)c1ccccc1)C(=O)OC(C)(C)C)C(C)=O. The quantitative estimate of drug-likeness (QED) is 0.0120. The van der Waals surface area contributed by atoms with Crippen molar-refractivity contribution in [2.45, 2.75) is 160 Å². The van der Waals surface area contributed by atoms with Crippen LogP contribution in [0.5, 0.6) is 0 Å². The van der Waals surface area contributed by atoms with Crippen LogP contribution in [0.4, 0.5) is 0 Å². The van der Waals surface area contributed by atoms with Gasteiger partial charge in [-0.05, 0) is 107 Å². The van der Waals surface area contributed by atoms with Crippen molar-refractivity contribution in [3.63, 3.8) is 0 Å². The number of hydrogen-bond donors (Lipinski definition) is 2. The molecule has 0 fully saturated rings. The molecule has 2 N–H and O–H groups in total. The number of rotatable bonds is 79. The molecule has 0 unspecified atom stereocenters. The van der Waals surface area contributed by atoms with E-state index in [-0.39, 0.29) is 237 Å². The van der Waals surface area contributed by atoms with Crippen LogP contribution in [0.1, 0.15) is 159 Å². The molecule has 122 heavy (non-hydrogen) atoms. The summed E-state index contributed by atoms with van der Waals surface area (Å²) in [7, 11) is 0. The number of benzene rings is 5. The van der Waals surface area contributed by atoms with E-state index < -0.39 is 40.1 Å². The molecular formula is C90H128N2O29S. The van der Waals surface area contributed by atoms with E-state index in [1.165, 1.54) is 30.5 Å². The largest absolute Gasteiger partial charge is 0.460 e. The molecule has 32 heteroatoms. The zero-order chi connectivity index (χ0) is 87.5. The third-order valence-electron chi connectivity index (χ3n) is 18.1. The van der Waals surface area contributed by atoms with Gasteiger partial charge in [0.25, 0.3) is 0 Å². The average Bonchev–Trinajstić information content (AvgIpc) is 0.758. The van der Waals surface area contributed by atoms with E-state index in [0.717, 1.165) is 36.1 Å². The minimum absolute atomic E-state index is 0.000601. The lowest BCUT2D eigenvalue weighted by molar-refractivity contribution is -0.378. The molecule has 0 heterocycles. The summed E-state index contributed by atoms with van der Waals surface area (Å²) in [6, 6.07) is 49.7. The molecule has 2 amide bonds. The van der Waals surface area contributed by atoms with E-state index in [4.69, 9.17) is 102 Å². The van der Waals surface area contributed by atoms with Gasteiger partial charge in [-0.2, -0.15) is 0 Å². The Morgan fingerprint density at radius 3 is 1.12 bits per heavy atom. The minimum atomic E-state index is -0.868. The van der Waals surface area contributed by atoms with Gasteiger partial charge in [-0.25, -0.2) is 88.0 Å². The van der Waals surface area contributed by atoms with Crippen LogP contribution in [0.25, 0.3) is 0 Å². The van der Waals surface area contributed by atoms with Gasteiger partial charge in [-0.15, -0.1) is 11.8 Å². The molecule has 678 valence electrons. The second-order valence-electron chi connectivity index (χ2n) is 29.2. The zero-order valence-electron chi connectivity index (χ0n) is 71.5. The Morgan fingerprint density at radius 2 is 0.713 bits per heavy atom. The van der Waals surface area contributed by atoms with Crippen LogP contribution in [-0.2, 0) is 158 Å². The number of ketones is 5. The third-order valence-corrected chi connectivity index (χ3v) is 19.6. The fourth-order valence-electron chi connectivity index (χ4n) is 12.2. The molecule has 0 aliphatic heterocycles. The smallest absolute Gasteiger partial charge is 0.309 e. The number of ether oxygens (including phenoxy) is 3. The maximum Gasteiger partial charge on any atom is 0.309 e. The van der Waals surface area contributed by atoms with Crippen molar-refractivity contribution in [1.29, 1.82) is 0 Å². The van der Waals surface area contributed by atoms with Crippen LogP contribution < -0.4 is 10.6 Å². The molecule has 0 bridgehead atoms. The van der Waals surface area contributed by atoms with Gasteiger partial charge in [-0.1, -0.05) is 171 Å². The highest BCUT2D eigenvalue weighted by Gasteiger charge is 2.37. The highest BCUT2D eigenvalue weighted by Crippen LogP contribution is 2.48. The van der Waals surface area contributed by atoms with E-state index in [1.807, 2.05) is 90.6 Å². The number of unbranched alkanes of at least 4 members (excludes halogenated alkanes) is 4. The number of esters is 1. The highest BCUT2D eigenvalue weighted by atomic mass is 32.2. The summed E-state index contributed by atoms with van der Waals surface area (Å²) in [6.45, 7) is 11.6. The Kier molecular flexibility index (Phi) is 58.3. The number of hydrogen-bond acceptors (Lipinski definition) is 30. The molecule has 0 radical (unpaired) electrons. The predicted molar refractivity (Wildman–Crippen MR) is 448 cm³/mol. The first-order valence-electron chi connectivity index (χ1n) is 42.0. The van der Waals surface area contributed by atoms with Crippen molar-refractivity contribution in [3.05, 3.63) is 179 Å². The van der Waals surface area contributed by atoms with Crippen LogP contribution in [-0.4, -0.2) is 216 Å². The summed E-state index contributed by atoms with van der Waals surface area (Å²) in [5.41, 5.74) is 4.56. The fraction of sp³-hybridized carbons (Fsp3) is 0.578. The number of nitrogens with one attached hydrogen (secondary N) is 2. The van der Waals surface area contributed by atoms with Crippen molar-refractivity contribution in [1.82, 2.24) is 10.6 Å². The standard InChI is InChI=1S/C90H128N2O29S/c1-72(93)39-40-76(73(2)94)69-83(96)70-77(88(100)121-89(3,4)5)41-42-86(98)91-43-25-8-6-7-24-37-82(95)71-78(67-74-27-14-9-15-28-74)87(99)92-84(68-75-29-16-10-17-30-75)85(97)38-26-44-101-45-47-103-105-49-51-107-109-53-55-111-113-57-59-115-117-61-63-119-120-64-62-118-116-60-58-114-112-56-54-110-108-52-50-106-104-48-46-102-65-66-122-90(79-31-18-11-19-32-79,80-33-20-12-21-34-80)81-35-22-13-23-36-81/h9-23,27-36,76-78,84H,6-8,24-26,37-71H2,1-5H3,(H,91,98)(H,92,99)/t76-,77-,78-,84+/m1/s1. The molecule has 0 aliphatic carbocycles. The van der Waals surface area contributed by atoms with Crippen LogP contribution in [0, 0.1) is 17.8 Å². The number of Topliss-reactive ketones (excluding diaryl/α,β-unsaturated/α-hetero) is 5. The predicted octanol–water partition coefficient (Wildman–Crippen LogP) is 12.3. The van der Waals surface area contributed by atoms with Gasteiger partial charge >= 0.3 is 5.97 Å². The molecule has 4 atom stereocenters. The first kappa shape index (κ1) is 105. The van der Waals surface area contributed by atoms with E-state index in [1.54, 1.807) is 20.8 Å². The van der Waals surface area contributed by atoms with Gasteiger partial charge < -0.3 is 29.6 Å². The Balaban J connectivity index is 0.767. The molecule has 0 saturated heterocycles. The summed E-state index contributed by atoms with van der Waals surface area (Å²) in [5, 5.41) is 5.92. The molecule has 0 aliphatic rings. The molecule has 31 nitrogen and oxygen atoms in total. The van der Waals surface area contributed by atoms with Crippen molar-refractivity contribution < 1.29 is 141 Å². The second kappa shape index (κ2) is 67.8. The maximum atomic E-state index is 14.2. The summed E-state index contributed by atoms with van der Waals surface area (Å²) >= 11 is 1.84. The Morgan fingerprint density at radius 1 is 0.352 bits per heavy atom. The van der Waals surface area contributed by atoms with Crippen molar-refractivity contribution >= 4 is 58.5 Å². The van der Waals surface area contributed by atoms with Crippen molar-refractivity contribution in [3.8, 4) is 0 Å². The molecule has 5 rings (SSSR count). The van der Waals surface area contributed by atoms with E-state index in [0.29, 0.717) is 45.4 Å². The first-order valence-corrected chi connectivity index (χ1v) is 43.0. The monoisotopic (exact) mass is 1730 g/mol. The van der Waals surface area contributed by atoms with Crippen LogP contribution >= 0.6 is 11.8 Å². The lowest BCUT2D eigenvalue weighted by Gasteiger charge is -2.35. The normalized spacial score (nSPS) is 12.7. The average molecular weight is 1730 g/mol. The molecule has 0 spiro atoms. The second-order valence-corrected chi connectivity index (χ2v) is 30.5. The molecule has 5 aromatic rings. The lowest BCUT2D eigenvalue weighted by atomic mass is 9.84. The molecule has 0 aromatic heterocycles. The number of amides is 2. The van der Waals surface area contributed by atoms with Gasteiger partial charge in [0.05, 0.1) is 36.5 Å². The lowest BCUT2D eigenvalue weighted by Crippen LogP contribution is -2.46. The van der Waals surface area contributed by atoms with Crippen LogP contribution in [0.2, 0.25) is 0 Å². The Bertz CT molecular complexity index is 3460. The van der Waals surface area contributed by atoms with E-state index in [9.17, 15) is 38.4 Å². The highest BCUT2D eigenvalue weighted by molar-refractivity contribution is 8.00. The molecular weight excluding hydrogens is 1610 g/mol. The third kappa shape index (κ3) is 50.4. The maximum absolute atomic E-state index is 14.2. The van der Waals surface area contributed by atoms with Crippen molar-refractivity contribution in [2.24, 2.45) is 17.8 Å². The molecule has 0 saturated carbocycles. The van der Waals surface area contributed by atoms with Gasteiger partial charge in [0, 0.05) is 75.7 Å². The van der Waals surface area contributed by atoms with E-state index >= 15 is 0 Å². The Hall–Kier alpha value is -7.59. The fourth-order valence-corrected chi connectivity index (χ4v) is 13.6. The summed E-state index contributed by atoms with van der Waals surface area (Å²) < 4.78 is 16.7. The van der Waals surface area contributed by atoms with Gasteiger partial charge in [0.1, 0.15) is 148 Å². The first-order chi connectivity index (χ1) is 59.4. The van der Waals surface area contributed by atoms with Gasteiger partial charge in [0.2, 0.25) is 11.8 Å². The van der Waals surface area contributed by atoms with E-state index in [2.05, 4.69) is 83.4 Å². The summed E-state index contributed by atoms with van der Waals surface area (Å²) in [5.74, 6) is -3.45. The van der Waals surface area contributed by atoms with Crippen molar-refractivity contribution in [2.75, 3.05) is 158 Å². The van der Waals surface area contributed by atoms with Gasteiger partial charge in [0.15, 0.2) is 5.78 Å². The van der Waals surface area contributed by atoms with Gasteiger partial charge in [-0.3, -0.25) is 33.6 Å².